The first-order chi connectivity index (χ1) is 8.62. The molecule has 0 radical (unpaired) electrons. The highest BCUT2D eigenvalue weighted by molar-refractivity contribution is 6.94. The van der Waals surface area contributed by atoms with E-state index in [2.05, 4.69) is 63.2 Å². The lowest BCUT2D eigenvalue weighted by atomic mass is 10.2. The molecule has 0 aromatic carbocycles. The molecule has 1 atom stereocenters. The highest BCUT2D eigenvalue weighted by Crippen LogP contribution is 2.39. The number of hydrogen-bond donors (Lipinski definition) is 2. The van der Waals surface area contributed by atoms with Crippen molar-refractivity contribution in [3.63, 3.8) is 0 Å². The summed E-state index contributed by atoms with van der Waals surface area (Å²) in [7, 11) is -5.73. The van der Waals surface area contributed by atoms with Crippen LogP contribution in [0.5, 0.6) is 0 Å². The van der Waals surface area contributed by atoms with E-state index in [1.54, 1.807) is 0 Å². The molecule has 0 aliphatic heterocycles. The Hall–Kier alpha value is 0.0406. The van der Waals surface area contributed by atoms with Crippen molar-refractivity contribution in [2.24, 2.45) is 0 Å². The Bertz CT molecular complexity index is 341. The normalized spacial score (nSPS) is 17.1. The highest BCUT2D eigenvalue weighted by atomic mass is 28.4. The lowest BCUT2D eigenvalue weighted by Gasteiger charge is -2.58. The molecule has 4 nitrogen and oxygen atoms in total. The van der Waals surface area contributed by atoms with Gasteiger partial charge in [-0.3, -0.25) is 4.79 Å². The lowest BCUT2D eigenvalue weighted by Crippen LogP contribution is -2.79. The quantitative estimate of drug-likeness (QED) is 0.702. The van der Waals surface area contributed by atoms with Gasteiger partial charge < -0.3 is 14.4 Å². The Morgan fingerprint density at radius 1 is 0.950 bits per heavy atom. The molecule has 0 heterocycles. The second-order valence-electron chi connectivity index (χ2n) is 8.57. The summed E-state index contributed by atoms with van der Waals surface area (Å²) >= 11 is 0. The molecule has 0 rings (SSSR count). The van der Waals surface area contributed by atoms with Gasteiger partial charge in [0.25, 0.3) is 0 Å². The number of aliphatic carboxylic acids is 1. The largest absolute Gasteiger partial charge is 0.480 e. The minimum Gasteiger partial charge on any atom is -0.480 e. The van der Waals surface area contributed by atoms with Crippen molar-refractivity contribution >= 4 is 30.5 Å². The smallest absolute Gasteiger partial charge is 0.319 e. The molecule has 0 aliphatic rings. The van der Waals surface area contributed by atoms with Crippen molar-refractivity contribution < 1.29 is 15.0 Å². The molecule has 0 fully saturated rings. The summed E-state index contributed by atoms with van der Waals surface area (Å²) < 4.78 is 2.39. The second kappa shape index (κ2) is 6.04. The molecular weight excluding hydrogens is 302 g/mol. The summed E-state index contributed by atoms with van der Waals surface area (Å²) in [5.74, 6) is -0.740. The van der Waals surface area contributed by atoms with Crippen molar-refractivity contribution in [3.05, 3.63) is 0 Å². The second-order valence-corrected chi connectivity index (χ2v) is 23.9. The van der Waals surface area contributed by atoms with Gasteiger partial charge in [0.05, 0.1) is 13.2 Å². The Kier molecular flexibility index (Phi) is 6.05. The number of aliphatic hydroxyl groups is 1. The zero-order valence-corrected chi connectivity index (χ0v) is 17.7. The molecule has 0 aliphatic carbocycles. The van der Waals surface area contributed by atoms with Gasteiger partial charge >= 0.3 is 5.97 Å². The topological polar surface area (TPSA) is 60.8 Å². The molecule has 0 bridgehead atoms. The lowest BCUT2D eigenvalue weighted by molar-refractivity contribution is -0.143. The fourth-order valence-electron chi connectivity index (χ4n) is 3.66. The van der Waals surface area contributed by atoms with E-state index < -0.39 is 35.7 Å². The van der Waals surface area contributed by atoms with Gasteiger partial charge in [-0.15, -0.1) is 0 Å². The van der Waals surface area contributed by atoms with E-state index in [-0.39, 0.29) is 6.61 Å². The maximum Gasteiger partial charge on any atom is 0.319 e. The van der Waals surface area contributed by atoms with Crippen molar-refractivity contribution in [1.29, 1.82) is 0 Å². The molecular formula is C13H33NO3Si3. The fraction of sp³-hybridized carbons (Fsp3) is 0.923. The number of aliphatic hydroxyl groups excluding tert-OH is 1. The first kappa shape index (κ1) is 20.0. The predicted octanol–water partition coefficient (Wildman–Crippen LogP) is 3.04. The van der Waals surface area contributed by atoms with E-state index in [9.17, 15) is 15.0 Å². The third-order valence-electron chi connectivity index (χ3n) is 3.79. The zero-order valence-electron chi connectivity index (χ0n) is 14.7. The molecule has 2 N–H and O–H groups in total. The fourth-order valence-corrected chi connectivity index (χ4v) is 20.6. The molecule has 20 heavy (non-hydrogen) atoms. The van der Waals surface area contributed by atoms with Crippen LogP contribution in [0.3, 0.4) is 0 Å². The van der Waals surface area contributed by atoms with Crippen molar-refractivity contribution in [2.75, 3.05) is 6.61 Å². The summed E-state index contributed by atoms with van der Waals surface area (Å²) in [6.07, 6.45) is 0.340. The number of carboxylic acid groups (broad SMARTS) is 1. The average Bonchev–Trinajstić information content (AvgIpc) is 2.09. The van der Waals surface area contributed by atoms with Crippen LogP contribution in [0.1, 0.15) is 6.42 Å². The van der Waals surface area contributed by atoms with E-state index in [1.165, 1.54) is 0 Å². The molecule has 120 valence electrons. The van der Waals surface area contributed by atoms with Crippen LogP contribution in [-0.4, -0.2) is 56.7 Å². The molecule has 0 saturated heterocycles. The van der Waals surface area contributed by atoms with Gasteiger partial charge in [-0.25, -0.2) is 0 Å². The molecule has 7 heteroatoms. The SMILES string of the molecule is C[Si](C)(C)N([C@@](CCO)(C(=O)O)[Si](C)(C)C)[Si](C)(C)C. The van der Waals surface area contributed by atoms with Gasteiger partial charge in [-0.2, -0.15) is 0 Å². The van der Waals surface area contributed by atoms with Gasteiger partial charge in [-0.1, -0.05) is 58.9 Å². The summed E-state index contributed by atoms with van der Waals surface area (Å²) in [5, 5.41) is 18.8. The third kappa shape index (κ3) is 3.82. The Balaban J connectivity index is 6.39. The molecule has 0 aromatic heterocycles. The summed E-state index contributed by atoms with van der Waals surface area (Å²) in [6, 6.07) is 0. The molecule has 0 saturated carbocycles. The minimum absolute atomic E-state index is 0.0674. The molecule has 0 amide bonds. The summed E-state index contributed by atoms with van der Waals surface area (Å²) in [5.41, 5.74) is 0. The van der Waals surface area contributed by atoms with Gasteiger partial charge in [0.15, 0.2) is 0 Å². The van der Waals surface area contributed by atoms with Crippen LogP contribution in [0, 0.1) is 0 Å². The molecule has 0 spiro atoms. The van der Waals surface area contributed by atoms with Crippen molar-refractivity contribution in [1.82, 2.24) is 4.23 Å². The van der Waals surface area contributed by atoms with Gasteiger partial charge in [0.2, 0.25) is 0 Å². The maximum absolute atomic E-state index is 12.3. The highest BCUT2D eigenvalue weighted by Gasteiger charge is 2.59. The number of carbonyl (C=O) groups is 1. The number of hydrogen-bond acceptors (Lipinski definition) is 3. The van der Waals surface area contributed by atoms with E-state index in [4.69, 9.17) is 0 Å². The number of nitrogens with zero attached hydrogens (tertiary/aromatic N) is 1. The molecule has 0 unspecified atom stereocenters. The summed E-state index contributed by atoms with van der Waals surface area (Å²) in [6.45, 7) is 19.6. The molecule has 0 aromatic rings. The Morgan fingerprint density at radius 3 is 1.45 bits per heavy atom. The zero-order chi connectivity index (χ0) is 16.6. The average molecular weight is 336 g/mol. The van der Waals surface area contributed by atoms with E-state index in [1.807, 2.05) is 0 Å². The van der Waals surface area contributed by atoms with Crippen LogP contribution >= 0.6 is 0 Å². The maximum atomic E-state index is 12.3. The van der Waals surface area contributed by atoms with Crippen LogP contribution in [0.4, 0.5) is 0 Å². The standard InChI is InChI=1S/C13H33NO3Si3/c1-18(2,3)13(10-11-15,12(16)17)14(19(4,5)6)20(7,8)9/h15H,10-11H2,1-9H3,(H,16,17)/t13-/m1/s1. The minimum atomic E-state index is -2.07. The van der Waals surface area contributed by atoms with Crippen LogP contribution in [0.15, 0.2) is 0 Å². The monoisotopic (exact) mass is 335 g/mol. The van der Waals surface area contributed by atoms with Crippen LogP contribution in [0.25, 0.3) is 0 Å². The Morgan fingerprint density at radius 2 is 1.30 bits per heavy atom. The predicted molar refractivity (Wildman–Crippen MR) is 93.9 cm³/mol. The van der Waals surface area contributed by atoms with Gasteiger partial charge in [0, 0.05) is 6.61 Å². The van der Waals surface area contributed by atoms with E-state index >= 15 is 0 Å². The van der Waals surface area contributed by atoms with Gasteiger partial charge in [-0.05, 0) is 6.42 Å². The summed E-state index contributed by atoms with van der Waals surface area (Å²) in [4.78, 5) is 12.3. The number of carboxylic acids is 1. The van der Waals surface area contributed by atoms with Crippen molar-refractivity contribution in [2.45, 2.75) is 70.5 Å². The van der Waals surface area contributed by atoms with Crippen LogP contribution < -0.4 is 0 Å². The van der Waals surface area contributed by atoms with Gasteiger partial charge in [0.1, 0.15) is 16.5 Å². The van der Waals surface area contributed by atoms with Crippen LogP contribution in [0.2, 0.25) is 58.9 Å². The Labute approximate surface area is 127 Å². The van der Waals surface area contributed by atoms with E-state index in [0.717, 1.165) is 0 Å². The third-order valence-corrected chi connectivity index (χ3v) is 14.9. The first-order valence-electron chi connectivity index (χ1n) is 7.27. The van der Waals surface area contributed by atoms with E-state index in [0.29, 0.717) is 6.42 Å². The van der Waals surface area contributed by atoms with Crippen LogP contribution in [-0.2, 0) is 4.79 Å². The first-order valence-corrected chi connectivity index (χ1v) is 17.7. The van der Waals surface area contributed by atoms with Crippen molar-refractivity contribution in [3.8, 4) is 0 Å². The number of rotatable bonds is 7.